The van der Waals surface area contributed by atoms with Crippen molar-refractivity contribution in [1.82, 2.24) is 10.6 Å². The minimum absolute atomic E-state index is 0.170. The summed E-state index contributed by atoms with van der Waals surface area (Å²) in [7, 11) is 1.53. The quantitative estimate of drug-likeness (QED) is 0.641. The van der Waals surface area contributed by atoms with Crippen LogP contribution in [0.15, 0.2) is 23.7 Å². The molecule has 2 amide bonds. The molecule has 2 N–H and O–H groups in total. The van der Waals surface area contributed by atoms with Crippen molar-refractivity contribution < 1.29 is 19.1 Å². The van der Waals surface area contributed by atoms with E-state index in [2.05, 4.69) is 17.2 Å². The number of thiophene rings is 1. The molecule has 6 nitrogen and oxygen atoms in total. The lowest BCUT2D eigenvalue weighted by atomic mass is 9.92. The number of nitrogens with one attached hydrogen (secondary N) is 2. The molecule has 0 radical (unpaired) electrons. The van der Waals surface area contributed by atoms with Crippen LogP contribution in [0.3, 0.4) is 0 Å². The second kappa shape index (κ2) is 6.73. The van der Waals surface area contributed by atoms with Gasteiger partial charge < -0.3 is 20.1 Å². The van der Waals surface area contributed by atoms with Crippen LogP contribution in [-0.4, -0.2) is 32.3 Å². The molecular weight excluding hydrogens is 292 g/mol. The molecular formula is C14H18N2O4S. The van der Waals surface area contributed by atoms with Crippen LogP contribution >= 0.6 is 11.3 Å². The van der Waals surface area contributed by atoms with Gasteiger partial charge in [0.1, 0.15) is 12.5 Å². The summed E-state index contributed by atoms with van der Waals surface area (Å²) in [5.74, 6) is -1.08. The molecule has 1 aliphatic heterocycles. The molecule has 0 aromatic carbocycles. The number of rotatable bonds is 5. The molecule has 1 saturated heterocycles. The second-order valence-electron chi connectivity index (χ2n) is 4.71. The normalized spacial score (nSPS) is 21.6. The van der Waals surface area contributed by atoms with Gasteiger partial charge in [-0.1, -0.05) is 6.58 Å². The Balaban J connectivity index is 2.21. The van der Waals surface area contributed by atoms with Crippen LogP contribution in [0.25, 0.3) is 0 Å². The minimum atomic E-state index is -0.656. The monoisotopic (exact) mass is 310 g/mol. The Bertz CT molecular complexity index is 555. The molecule has 0 unspecified atom stereocenters. The molecule has 2 heterocycles. The Morgan fingerprint density at radius 2 is 2.24 bits per heavy atom. The number of methoxy groups -OCH3 is 1. The summed E-state index contributed by atoms with van der Waals surface area (Å²) in [5, 5.41) is 7.24. The maximum atomic E-state index is 12.3. The Hall–Kier alpha value is -1.86. The van der Waals surface area contributed by atoms with Gasteiger partial charge in [0.2, 0.25) is 0 Å². The number of urea groups is 1. The number of ether oxygens (including phenoxy) is 2. The Morgan fingerprint density at radius 1 is 1.48 bits per heavy atom. The fraction of sp³-hybridized carbons (Fsp3) is 0.429. The van der Waals surface area contributed by atoms with Gasteiger partial charge in [0.25, 0.3) is 0 Å². The zero-order valence-corrected chi connectivity index (χ0v) is 12.8. The van der Waals surface area contributed by atoms with E-state index in [0.717, 1.165) is 10.4 Å². The first kappa shape index (κ1) is 15.5. The van der Waals surface area contributed by atoms with Gasteiger partial charge in [-0.05, 0) is 23.9 Å². The maximum absolute atomic E-state index is 12.3. The van der Waals surface area contributed by atoms with E-state index in [4.69, 9.17) is 9.47 Å². The molecule has 1 fully saturated rings. The van der Waals surface area contributed by atoms with Crippen LogP contribution in [0, 0.1) is 12.8 Å². The van der Waals surface area contributed by atoms with Crippen LogP contribution < -0.4 is 10.6 Å². The summed E-state index contributed by atoms with van der Waals surface area (Å²) >= 11 is 1.49. The van der Waals surface area contributed by atoms with Gasteiger partial charge in [0.05, 0.1) is 12.6 Å². The van der Waals surface area contributed by atoms with Crippen molar-refractivity contribution in [1.29, 1.82) is 0 Å². The first-order valence-corrected chi connectivity index (χ1v) is 7.38. The van der Waals surface area contributed by atoms with Crippen LogP contribution in [0.5, 0.6) is 0 Å². The fourth-order valence-electron chi connectivity index (χ4n) is 2.20. The number of hydrogen-bond donors (Lipinski definition) is 2. The van der Waals surface area contributed by atoms with Gasteiger partial charge in [0, 0.05) is 17.7 Å². The van der Waals surface area contributed by atoms with Crippen LogP contribution in [0.4, 0.5) is 4.79 Å². The third kappa shape index (κ3) is 3.43. The molecule has 1 aromatic heterocycles. The number of carbonyl (C=O) groups excluding carboxylic acids is 2. The predicted octanol–water partition coefficient (Wildman–Crippen LogP) is 1.73. The summed E-state index contributed by atoms with van der Waals surface area (Å²) in [5.41, 5.74) is 1.37. The molecule has 0 saturated carbocycles. The standard InChI is InChI=1S/C14H18N2O4S/c1-8-4-7-21-12(8)11-10(9(2)15-14(18)16-11)13(17)20-6-5-19-3/h4,7,10-11H,2,5-6H2,1,3H3,(H2,15,16,18)/t10-,11-/m1/s1. The molecule has 114 valence electrons. The highest BCUT2D eigenvalue weighted by Gasteiger charge is 2.40. The molecule has 2 atom stereocenters. The first-order chi connectivity index (χ1) is 10.0. The van der Waals surface area contributed by atoms with Crippen molar-refractivity contribution in [2.45, 2.75) is 13.0 Å². The average Bonchev–Trinajstić information content (AvgIpc) is 2.84. The second-order valence-corrected chi connectivity index (χ2v) is 5.65. The summed E-state index contributed by atoms with van der Waals surface area (Å²) in [6, 6.07) is 1.13. The van der Waals surface area contributed by atoms with E-state index in [1.165, 1.54) is 18.4 Å². The molecule has 7 heteroatoms. The maximum Gasteiger partial charge on any atom is 0.319 e. The number of esters is 1. The van der Waals surface area contributed by atoms with Gasteiger partial charge in [-0.25, -0.2) is 4.79 Å². The van der Waals surface area contributed by atoms with Gasteiger partial charge in [0.15, 0.2) is 0 Å². The summed E-state index contributed by atoms with van der Waals surface area (Å²) in [6.45, 7) is 6.22. The zero-order chi connectivity index (χ0) is 15.4. The van der Waals surface area contributed by atoms with Gasteiger partial charge in [-0.15, -0.1) is 11.3 Å². The molecule has 1 aromatic rings. The highest BCUT2D eigenvalue weighted by molar-refractivity contribution is 7.10. The Labute approximate surface area is 127 Å². The number of hydrogen-bond acceptors (Lipinski definition) is 5. The van der Waals surface area contributed by atoms with E-state index < -0.39 is 17.9 Å². The number of aryl methyl sites for hydroxylation is 1. The van der Waals surface area contributed by atoms with Crippen LogP contribution in [0.1, 0.15) is 16.5 Å². The van der Waals surface area contributed by atoms with E-state index in [1.807, 2.05) is 18.4 Å². The van der Waals surface area contributed by atoms with Crippen molar-refractivity contribution in [3.05, 3.63) is 34.2 Å². The zero-order valence-electron chi connectivity index (χ0n) is 12.0. The first-order valence-electron chi connectivity index (χ1n) is 6.50. The largest absolute Gasteiger partial charge is 0.463 e. The van der Waals surface area contributed by atoms with E-state index in [0.29, 0.717) is 12.3 Å². The average molecular weight is 310 g/mol. The van der Waals surface area contributed by atoms with Gasteiger partial charge in [-0.3, -0.25) is 4.79 Å². The van der Waals surface area contributed by atoms with Crippen molar-refractivity contribution in [2.75, 3.05) is 20.3 Å². The van der Waals surface area contributed by atoms with Crippen molar-refractivity contribution >= 4 is 23.3 Å². The van der Waals surface area contributed by atoms with E-state index in [9.17, 15) is 9.59 Å². The molecule has 21 heavy (non-hydrogen) atoms. The fourth-order valence-corrected chi connectivity index (χ4v) is 3.21. The lowest BCUT2D eigenvalue weighted by molar-refractivity contribution is -0.149. The van der Waals surface area contributed by atoms with Gasteiger partial charge in [-0.2, -0.15) is 0 Å². The highest BCUT2D eigenvalue weighted by Crippen LogP contribution is 2.34. The SMILES string of the molecule is C=C1NC(=O)N[C@@H](c2sccc2C)[C@@H]1C(=O)OCCOC. The molecule has 0 spiro atoms. The third-order valence-corrected chi connectivity index (χ3v) is 4.34. The predicted molar refractivity (Wildman–Crippen MR) is 78.9 cm³/mol. The van der Waals surface area contributed by atoms with Gasteiger partial charge >= 0.3 is 12.0 Å². The van der Waals surface area contributed by atoms with E-state index >= 15 is 0 Å². The highest BCUT2D eigenvalue weighted by atomic mass is 32.1. The summed E-state index contributed by atoms with van der Waals surface area (Å²) in [4.78, 5) is 24.9. The summed E-state index contributed by atoms with van der Waals surface area (Å²) < 4.78 is 10.0. The van der Waals surface area contributed by atoms with Crippen LogP contribution in [0.2, 0.25) is 0 Å². The Morgan fingerprint density at radius 3 is 2.86 bits per heavy atom. The topological polar surface area (TPSA) is 76.7 Å². The molecule has 2 rings (SSSR count). The van der Waals surface area contributed by atoms with E-state index in [1.54, 1.807) is 0 Å². The Kier molecular flexibility index (Phi) is 4.98. The van der Waals surface area contributed by atoms with Crippen LogP contribution in [-0.2, 0) is 14.3 Å². The minimum Gasteiger partial charge on any atom is -0.463 e. The number of carbonyl (C=O) groups is 2. The van der Waals surface area contributed by atoms with Crippen molar-refractivity contribution in [3.8, 4) is 0 Å². The smallest absolute Gasteiger partial charge is 0.319 e. The number of amides is 2. The van der Waals surface area contributed by atoms with E-state index in [-0.39, 0.29) is 12.6 Å². The van der Waals surface area contributed by atoms with Crippen molar-refractivity contribution in [2.24, 2.45) is 5.92 Å². The van der Waals surface area contributed by atoms with Crippen molar-refractivity contribution in [3.63, 3.8) is 0 Å². The molecule has 0 aliphatic carbocycles. The molecule has 0 bridgehead atoms. The third-order valence-electron chi connectivity index (χ3n) is 3.24. The molecule has 1 aliphatic rings. The lowest BCUT2D eigenvalue weighted by Gasteiger charge is -2.32. The summed E-state index contributed by atoms with van der Waals surface area (Å²) in [6.07, 6.45) is 0. The lowest BCUT2D eigenvalue weighted by Crippen LogP contribution is -2.51.